The Kier molecular flexibility index (Phi) is 5.70. The van der Waals surface area contributed by atoms with Gasteiger partial charge in [0.15, 0.2) is 0 Å². The molecule has 1 unspecified atom stereocenters. The first-order chi connectivity index (χ1) is 14.1. The summed E-state index contributed by atoms with van der Waals surface area (Å²) in [5.41, 5.74) is 1.46. The lowest BCUT2D eigenvalue weighted by molar-refractivity contribution is -0.140. The van der Waals surface area contributed by atoms with E-state index in [-0.39, 0.29) is 11.5 Å². The van der Waals surface area contributed by atoms with Gasteiger partial charge in [0, 0.05) is 12.5 Å². The minimum absolute atomic E-state index is 0.0276. The molecule has 3 rings (SSSR count). The Hall–Kier alpha value is -3.15. The van der Waals surface area contributed by atoms with Crippen molar-refractivity contribution >= 4 is 16.8 Å². The predicted molar refractivity (Wildman–Crippen MR) is 119 cm³/mol. The minimum atomic E-state index is -0.550. The lowest BCUT2D eigenvalue weighted by Crippen LogP contribution is -2.40. The number of fused-ring (bicyclic) bond motifs is 1. The summed E-state index contributed by atoms with van der Waals surface area (Å²) in [5, 5.41) is 0.516. The Morgan fingerprint density at radius 2 is 1.83 bits per heavy atom. The molecule has 0 bridgehead atoms. The summed E-state index contributed by atoms with van der Waals surface area (Å²) < 4.78 is 7.13. The summed E-state index contributed by atoms with van der Waals surface area (Å²) in [6.45, 7) is 9.48. The van der Waals surface area contributed by atoms with Crippen molar-refractivity contribution in [3.63, 3.8) is 0 Å². The highest BCUT2D eigenvalue weighted by Crippen LogP contribution is 2.29. The Bertz CT molecular complexity index is 1160. The predicted octanol–water partition coefficient (Wildman–Crippen LogP) is 4.27. The second-order valence-corrected chi connectivity index (χ2v) is 8.65. The maximum absolute atomic E-state index is 13.6. The molecule has 0 N–H and O–H groups in total. The third-order valence-corrected chi connectivity index (χ3v) is 5.29. The molecule has 0 fully saturated rings. The molecule has 158 valence electrons. The topological polar surface area (TPSA) is 64.4 Å². The van der Waals surface area contributed by atoms with E-state index in [1.807, 2.05) is 71.0 Å². The van der Waals surface area contributed by atoms with Crippen LogP contribution in [-0.2, 0) is 4.79 Å². The first-order valence-corrected chi connectivity index (χ1v) is 10.00. The Labute approximate surface area is 177 Å². The van der Waals surface area contributed by atoms with Gasteiger partial charge in [0.2, 0.25) is 5.91 Å². The zero-order chi connectivity index (χ0) is 22.2. The molecule has 1 atom stereocenters. The zero-order valence-corrected chi connectivity index (χ0v) is 18.7. The molecule has 0 aliphatic rings. The van der Waals surface area contributed by atoms with Crippen LogP contribution in [0.2, 0.25) is 0 Å². The van der Waals surface area contributed by atoms with Gasteiger partial charge in [0.05, 0.1) is 29.7 Å². The average molecular weight is 408 g/mol. The summed E-state index contributed by atoms with van der Waals surface area (Å²) in [6, 6.07) is 12.5. The van der Waals surface area contributed by atoms with E-state index in [1.165, 1.54) is 0 Å². The largest absolute Gasteiger partial charge is 0.495 e. The fourth-order valence-corrected chi connectivity index (χ4v) is 3.52. The number of amides is 1. The zero-order valence-electron chi connectivity index (χ0n) is 18.7. The van der Waals surface area contributed by atoms with Crippen molar-refractivity contribution in [1.29, 1.82) is 0 Å². The number of hydrogen-bond donors (Lipinski definition) is 0. The first kappa shape index (κ1) is 21.6. The number of carbonyl (C=O) groups excluding carboxylic acids is 1. The lowest BCUT2D eigenvalue weighted by atomic mass is 9.94. The molecule has 0 aliphatic carbocycles. The second kappa shape index (κ2) is 7.94. The maximum Gasteiger partial charge on any atom is 0.266 e. The number of nitrogens with zero attached hydrogens (tertiary/aromatic N) is 3. The van der Waals surface area contributed by atoms with Crippen LogP contribution in [0.1, 0.15) is 45.1 Å². The van der Waals surface area contributed by atoms with Crippen LogP contribution < -0.4 is 10.3 Å². The molecule has 30 heavy (non-hydrogen) atoms. The summed E-state index contributed by atoms with van der Waals surface area (Å²) in [5.74, 6) is 1.03. The van der Waals surface area contributed by atoms with Crippen molar-refractivity contribution in [2.24, 2.45) is 5.41 Å². The van der Waals surface area contributed by atoms with Gasteiger partial charge in [-0.05, 0) is 43.7 Å². The highest BCUT2D eigenvalue weighted by atomic mass is 16.5. The highest BCUT2D eigenvalue weighted by Gasteiger charge is 2.31. The number of aryl methyl sites for hydroxylation is 1. The molecule has 3 aromatic rings. The van der Waals surface area contributed by atoms with E-state index < -0.39 is 11.5 Å². The third kappa shape index (κ3) is 3.82. The van der Waals surface area contributed by atoms with Crippen molar-refractivity contribution in [3.05, 3.63) is 64.2 Å². The van der Waals surface area contributed by atoms with Gasteiger partial charge in [0.1, 0.15) is 11.6 Å². The van der Waals surface area contributed by atoms with Gasteiger partial charge in [-0.1, -0.05) is 39.0 Å². The standard InChI is InChI=1S/C24H29N3O3/c1-15-12-13-20(30-7)19(14-15)27-21(16(2)26(6)23(29)24(3,4)5)25-18-11-9-8-10-17(18)22(27)28/h8-14,16H,1-7H3. The van der Waals surface area contributed by atoms with E-state index in [1.54, 1.807) is 29.7 Å². The molecule has 0 radical (unpaired) electrons. The molecule has 1 aromatic heterocycles. The van der Waals surface area contributed by atoms with E-state index in [4.69, 9.17) is 9.72 Å². The van der Waals surface area contributed by atoms with E-state index in [0.29, 0.717) is 28.2 Å². The number of hydrogen-bond acceptors (Lipinski definition) is 4. The van der Waals surface area contributed by atoms with Crippen LogP contribution >= 0.6 is 0 Å². The van der Waals surface area contributed by atoms with E-state index in [2.05, 4.69) is 0 Å². The molecule has 6 nitrogen and oxygen atoms in total. The number of methoxy groups -OCH3 is 1. The Balaban J connectivity index is 2.34. The van der Waals surface area contributed by atoms with Crippen LogP contribution in [0.25, 0.3) is 16.6 Å². The third-order valence-electron chi connectivity index (χ3n) is 5.29. The molecule has 0 saturated carbocycles. The van der Waals surface area contributed by atoms with Gasteiger partial charge in [-0.3, -0.25) is 14.2 Å². The van der Waals surface area contributed by atoms with Crippen molar-refractivity contribution < 1.29 is 9.53 Å². The van der Waals surface area contributed by atoms with Crippen LogP contribution in [0.4, 0.5) is 0 Å². The minimum Gasteiger partial charge on any atom is -0.495 e. The van der Waals surface area contributed by atoms with Crippen LogP contribution in [0.3, 0.4) is 0 Å². The monoisotopic (exact) mass is 407 g/mol. The fourth-order valence-electron chi connectivity index (χ4n) is 3.52. The van der Waals surface area contributed by atoms with E-state index in [9.17, 15) is 9.59 Å². The number of carbonyl (C=O) groups is 1. The number of benzene rings is 2. The number of rotatable bonds is 4. The molecule has 1 heterocycles. The molecule has 0 spiro atoms. The highest BCUT2D eigenvalue weighted by molar-refractivity contribution is 5.82. The van der Waals surface area contributed by atoms with Crippen molar-refractivity contribution in [1.82, 2.24) is 14.5 Å². The lowest BCUT2D eigenvalue weighted by Gasteiger charge is -2.32. The number of para-hydroxylation sites is 1. The smallest absolute Gasteiger partial charge is 0.266 e. The van der Waals surface area contributed by atoms with E-state index >= 15 is 0 Å². The molecule has 6 heteroatoms. The van der Waals surface area contributed by atoms with Gasteiger partial charge >= 0.3 is 0 Å². The summed E-state index contributed by atoms with van der Waals surface area (Å²) in [4.78, 5) is 33.0. The van der Waals surface area contributed by atoms with Crippen LogP contribution in [0.15, 0.2) is 47.3 Å². The normalized spacial score (nSPS) is 12.6. The molecule has 0 aliphatic heterocycles. The van der Waals surface area contributed by atoms with Gasteiger partial charge in [-0.2, -0.15) is 0 Å². The molecule has 2 aromatic carbocycles. The van der Waals surface area contributed by atoms with Gasteiger partial charge < -0.3 is 9.64 Å². The van der Waals surface area contributed by atoms with Crippen LogP contribution in [0.5, 0.6) is 5.75 Å². The average Bonchev–Trinajstić information content (AvgIpc) is 2.71. The van der Waals surface area contributed by atoms with Crippen molar-refractivity contribution in [2.75, 3.05) is 14.2 Å². The van der Waals surface area contributed by atoms with Crippen LogP contribution in [0, 0.1) is 12.3 Å². The second-order valence-electron chi connectivity index (χ2n) is 8.65. The first-order valence-electron chi connectivity index (χ1n) is 10.00. The SMILES string of the molecule is COc1ccc(C)cc1-n1c(C(C)N(C)C(=O)C(C)(C)C)nc2ccccc2c1=O. The number of aromatic nitrogens is 2. The summed E-state index contributed by atoms with van der Waals surface area (Å²) >= 11 is 0. The fraction of sp³-hybridized carbons (Fsp3) is 0.375. The summed E-state index contributed by atoms with van der Waals surface area (Å²) in [6.07, 6.45) is 0. The van der Waals surface area contributed by atoms with Gasteiger partial charge in [0.25, 0.3) is 5.56 Å². The number of ether oxygens (including phenoxy) is 1. The Morgan fingerprint density at radius 3 is 2.47 bits per heavy atom. The quantitative estimate of drug-likeness (QED) is 0.648. The van der Waals surface area contributed by atoms with Gasteiger partial charge in [-0.25, -0.2) is 4.98 Å². The van der Waals surface area contributed by atoms with E-state index in [0.717, 1.165) is 5.56 Å². The molecular formula is C24H29N3O3. The molecule has 1 amide bonds. The molecule has 0 saturated heterocycles. The Morgan fingerprint density at radius 1 is 1.17 bits per heavy atom. The molecular weight excluding hydrogens is 378 g/mol. The van der Waals surface area contributed by atoms with Crippen molar-refractivity contribution in [3.8, 4) is 11.4 Å². The maximum atomic E-state index is 13.6. The summed E-state index contributed by atoms with van der Waals surface area (Å²) in [7, 11) is 3.32. The van der Waals surface area contributed by atoms with Gasteiger partial charge in [-0.15, -0.1) is 0 Å². The van der Waals surface area contributed by atoms with Crippen LogP contribution in [-0.4, -0.2) is 34.5 Å². The van der Waals surface area contributed by atoms with Crippen molar-refractivity contribution in [2.45, 2.75) is 40.7 Å².